The molecule has 1 aromatic carbocycles. The molecule has 2 aromatic rings. The molecule has 2 aliphatic rings. The molecule has 210 valence electrons. The van der Waals surface area contributed by atoms with Gasteiger partial charge in [0.25, 0.3) is 0 Å². The maximum atomic E-state index is 15.7. The zero-order valence-electron chi connectivity index (χ0n) is 23.5. The summed E-state index contributed by atoms with van der Waals surface area (Å²) >= 11 is 0. The van der Waals surface area contributed by atoms with Crippen LogP contribution in [-0.2, 0) is 10.8 Å². The van der Waals surface area contributed by atoms with E-state index in [1.54, 1.807) is 0 Å². The van der Waals surface area contributed by atoms with Crippen molar-refractivity contribution >= 4 is 8.32 Å². The highest BCUT2D eigenvalue weighted by molar-refractivity contribution is 6.74. The lowest BCUT2D eigenvalue weighted by Crippen LogP contribution is -2.44. The van der Waals surface area contributed by atoms with Crippen LogP contribution in [0.25, 0.3) is 11.1 Å². The molecule has 2 unspecified atom stereocenters. The standard InChI is InChI=1S/C30H40F5NOSi/c1-28(2,3)38(6,7)37-22-17-29(4,5)16-21-24(22)23(18-12-14-20(31)15-13-18)25(27(32)30(33,34)35)26(36-21)19-10-8-9-11-19/h12-15,19,22,27H,8-11,16-17H2,1-7H3. The highest BCUT2D eigenvalue weighted by Crippen LogP contribution is 2.54. The molecule has 1 aromatic heterocycles. The largest absolute Gasteiger partial charge is 0.424 e. The van der Waals surface area contributed by atoms with E-state index < -0.39 is 38.2 Å². The van der Waals surface area contributed by atoms with Gasteiger partial charge in [0.1, 0.15) is 5.82 Å². The summed E-state index contributed by atoms with van der Waals surface area (Å²) in [5.41, 5.74) is 1.40. The van der Waals surface area contributed by atoms with Crippen molar-refractivity contribution in [2.45, 2.75) is 116 Å². The van der Waals surface area contributed by atoms with E-state index >= 15 is 4.39 Å². The Bertz CT molecular complexity index is 1160. The molecule has 0 bridgehead atoms. The lowest BCUT2D eigenvalue weighted by atomic mass is 9.71. The second-order valence-corrected chi connectivity index (χ2v) is 18.2. The number of fused-ring (bicyclic) bond motifs is 1. The number of aromatic nitrogens is 1. The van der Waals surface area contributed by atoms with Gasteiger partial charge in [0.05, 0.1) is 11.8 Å². The monoisotopic (exact) mass is 553 g/mol. The van der Waals surface area contributed by atoms with E-state index in [0.717, 1.165) is 12.8 Å². The molecule has 1 saturated carbocycles. The zero-order chi connectivity index (χ0) is 28.3. The van der Waals surface area contributed by atoms with Crippen LogP contribution < -0.4 is 0 Å². The minimum atomic E-state index is -5.10. The SMILES string of the molecule is CC1(C)Cc2nc(C3CCCC3)c(C(F)C(F)(F)F)c(-c3ccc(F)cc3)c2C(O[Si](C)(C)C(C)(C)C)C1. The molecule has 8 heteroatoms. The van der Waals surface area contributed by atoms with Crippen molar-refractivity contribution < 1.29 is 26.4 Å². The molecule has 0 amide bonds. The van der Waals surface area contributed by atoms with Crippen molar-refractivity contribution in [1.29, 1.82) is 0 Å². The smallest absolute Gasteiger partial charge is 0.410 e. The number of hydrogen-bond acceptors (Lipinski definition) is 2. The molecule has 0 spiro atoms. The maximum absolute atomic E-state index is 15.7. The minimum Gasteiger partial charge on any atom is -0.410 e. The number of halogens is 5. The van der Waals surface area contributed by atoms with E-state index in [0.29, 0.717) is 42.5 Å². The van der Waals surface area contributed by atoms with E-state index in [4.69, 9.17) is 9.41 Å². The topological polar surface area (TPSA) is 22.1 Å². The van der Waals surface area contributed by atoms with E-state index in [2.05, 4.69) is 47.7 Å². The van der Waals surface area contributed by atoms with Gasteiger partial charge in [-0.2, -0.15) is 13.2 Å². The molecule has 2 atom stereocenters. The van der Waals surface area contributed by atoms with Crippen LogP contribution in [0.3, 0.4) is 0 Å². The van der Waals surface area contributed by atoms with Crippen LogP contribution in [0.15, 0.2) is 24.3 Å². The van der Waals surface area contributed by atoms with Gasteiger partial charge in [-0.15, -0.1) is 0 Å². The Morgan fingerprint density at radius 2 is 1.61 bits per heavy atom. The molecule has 4 rings (SSSR count). The van der Waals surface area contributed by atoms with Gasteiger partial charge in [0, 0.05) is 22.7 Å². The van der Waals surface area contributed by atoms with E-state index in [1.807, 2.05) is 0 Å². The first-order valence-electron chi connectivity index (χ1n) is 13.6. The predicted molar refractivity (Wildman–Crippen MR) is 144 cm³/mol. The summed E-state index contributed by atoms with van der Waals surface area (Å²) < 4.78 is 79.0. The first-order valence-corrected chi connectivity index (χ1v) is 16.5. The summed E-state index contributed by atoms with van der Waals surface area (Å²) in [7, 11) is -2.38. The number of benzene rings is 1. The third kappa shape index (κ3) is 5.72. The van der Waals surface area contributed by atoms with Gasteiger partial charge in [0.2, 0.25) is 6.17 Å². The molecular weight excluding hydrogens is 513 g/mol. The van der Waals surface area contributed by atoms with Gasteiger partial charge < -0.3 is 4.43 Å². The Morgan fingerprint density at radius 1 is 1.03 bits per heavy atom. The number of nitrogens with zero attached hydrogens (tertiary/aromatic N) is 1. The fraction of sp³-hybridized carbons (Fsp3) is 0.633. The third-order valence-electron chi connectivity index (χ3n) is 8.75. The van der Waals surface area contributed by atoms with Gasteiger partial charge >= 0.3 is 6.18 Å². The van der Waals surface area contributed by atoms with Crippen LogP contribution in [0, 0.1) is 11.2 Å². The second kappa shape index (κ2) is 9.99. The molecular formula is C30H40F5NOSi. The van der Waals surface area contributed by atoms with Crippen molar-refractivity contribution in [2.75, 3.05) is 0 Å². The normalized spacial score (nSPS) is 21.4. The fourth-order valence-corrected chi connectivity index (χ4v) is 7.05. The first-order chi connectivity index (χ1) is 17.4. The van der Waals surface area contributed by atoms with Crippen LogP contribution in [-0.4, -0.2) is 19.5 Å². The molecule has 38 heavy (non-hydrogen) atoms. The Morgan fingerprint density at radius 3 is 2.13 bits per heavy atom. The van der Waals surface area contributed by atoms with Crippen molar-refractivity contribution in [3.05, 3.63) is 52.6 Å². The molecule has 0 aliphatic heterocycles. The summed E-state index contributed by atoms with van der Waals surface area (Å²) in [6.07, 6.45) is -4.59. The number of rotatable bonds is 5. The summed E-state index contributed by atoms with van der Waals surface area (Å²) in [5.74, 6) is -0.739. The lowest BCUT2D eigenvalue weighted by molar-refractivity contribution is -0.183. The first kappa shape index (κ1) is 29.2. The summed E-state index contributed by atoms with van der Waals surface area (Å²) in [4.78, 5) is 4.89. The van der Waals surface area contributed by atoms with Gasteiger partial charge in [0.15, 0.2) is 8.32 Å². The van der Waals surface area contributed by atoms with Crippen LogP contribution in [0.4, 0.5) is 22.0 Å². The van der Waals surface area contributed by atoms with Crippen molar-refractivity contribution in [3.8, 4) is 11.1 Å². The van der Waals surface area contributed by atoms with Crippen molar-refractivity contribution in [3.63, 3.8) is 0 Å². The Kier molecular flexibility index (Phi) is 7.67. The minimum absolute atomic E-state index is 0.139. The number of hydrogen-bond donors (Lipinski definition) is 0. The van der Waals surface area contributed by atoms with Gasteiger partial charge in [-0.25, -0.2) is 8.78 Å². The number of alkyl halides is 4. The molecule has 1 heterocycles. The molecule has 0 N–H and O–H groups in total. The molecule has 1 fully saturated rings. The quantitative estimate of drug-likeness (QED) is 0.271. The summed E-state index contributed by atoms with van der Waals surface area (Å²) in [6, 6.07) is 5.36. The molecule has 0 radical (unpaired) electrons. The third-order valence-corrected chi connectivity index (χ3v) is 13.2. The van der Waals surface area contributed by atoms with E-state index in [1.165, 1.54) is 24.3 Å². The summed E-state index contributed by atoms with van der Waals surface area (Å²) in [6.45, 7) is 14.8. The van der Waals surface area contributed by atoms with E-state index in [-0.39, 0.29) is 27.6 Å². The van der Waals surface area contributed by atoms with Gasteiger partial charge in [-0.3, -0.25) is 4.98 Å². The summed E-state index contributed by atoms with van der Waals surface area (Å²) in [5, 5.41) is -0.139. The van der Waals surface area contributed by atoms with Crippen LogP contribution in [0.5, 0.6) is 0 Å². The highest BCUT2D eigenvalue weighted by Gasteiger charge is 2.49. The predicted octanol–water partition coefficient (Wildman–Crippen LogP) is 10.2. The average molecular weight is 554 g/mol. The van der Waals surface area contributed by atoms with Crippen molar-refractivity contribution in [1.82, 2.24) is 4.98 Å². The second-order valence-electron chi connectivity index (χ2n) is 13.5. The number of pyridine rings is 1. The van der Waals surface area contributed by atoms with Crippen LogP contribution in [0.2, 0.25) is 18.1 Å². The fourth-order valence-electron chi connectivity index (χ4n) is 5.79. The lowest BCUT2D eigenvalue weighted by Gasteiger charge is -2.45. The zero-order valence-corrected chi connectivity index (χ0v) is 24.5. The average Bonchev–Trinajstić information content (AvgIpc) is 3.30. The van der Waals surface area contributed by atoms with Gasteiger partial charge in [-0.05, 0) is 72.5 Å². The van der Waals surface area contributed by atoms with Crippen LogP contribution in [0.1, 0.15) is 107 Å². The molecule has 0 saturated heterocycles. The van der Waals surface area contributed by atoms with Crippen LogP contribution >= 0.6 is 0 Å². The Hall–Kier alpha value is -1.80. The van der Waals surface area contributed by atoms with Crippen molar-refractivity contribution in [2.24, 2.45) is 5.41 Å². The maximum Gasteiger partial charge on any atom is 0.424 e. The molecule has 2 nitrogen and oxygen atoms in total. The molecule has 2 aliphatic carbocycles. The van der Waals surface area contributed by atoms with E-state index in [9.17, 15) is 17.6 Å². The Balaban J connectivity index is 2.08. The van der Waals surface area contributed by atoms with Gasteiger partial charge in [-0.1, -0.05) is 59.6 Å². The Labute approximate surface area is 224 Å². The highest BCUT2D eigenvalue weighted by atomic mass is 28.4.